The van der Waals surface area contributed by atoms with E-state index in [1.807, 2.05) is 86.5 Å². The number of hydrogen-bond acceptors (Lipinski definition) is 6. The summed E-state index contributed by atoms with van der Waals surface area (Å²) in [4.78, 5) is 34.8. The molecule has 3 aromatic carbocycles. The third-order valence-corrected chi connectivity index (χ3v) is 6.18. The number of amides is 2. The number of primary amides is 1. The van der Waals surface area contributed by atoms with Crippen molar-refractivity contribution in [2.45, 2.75) is 5.54 Å². The lowest BCUT2D eigenvalue weighted by atomic mass is 9.75. The number of nitrogens with two attached hydrogens (primary N) is 1. The van der Waals surface area contributed by atoms with Crippen molar-refractivity contribution in [3.63, 3.8) is 0 Å². The molecular weight excluding hydrogens is 420 g/mol. The van der Waals surface area contributed by atoms with Gasteiger partial charge in [0.15, 0.2) is 5.54 Å². The van der Waals surface area contributed by atoms with E-state index in [1.54, 1.807) is 12.1 Å². The SMILES string of the molecule is CN(C)c1ccc2c(c1)Oc1cc(N(C)C)ccc1C21c2ccccc2C(=O)N1OC(N)=O. The molecule has 8 heteroatoms. The van der Waals surface area contributed by atoms with Gasteiger partial charge in [-0.15, -0.1) is 5.06 Å². The summed E-state index contributed by atoms with van der Waals surface area (Å²) in [5.41, 5.74) is 8.52. The molecule has 0 fully saturated rings. The van der Waals surface area contributed by atoms with Crippen LogP contribution in [0.25, 0.3) is 0 Å². The molecule has 5 rings (SSSR count). The standard InChI is InChI=1S/C25H24N4O4/c1-27(2)15-9-11-19-21(13-15)32-22-14-16(28(3)4)10-12-20(22)25(19)18-8-6-5-7-17(18)23(30)29(25)33-24(26)31/h5-14H,1-4H3,(H2,26,31). The molecule has 2 aliphatic heterocycles. The first-order chi connectivity index (χ1) is 15.7. The van der Waals surface area contributed by atoms with Gasteiger partial charge in [0.25, 0.3) is 5.91 Å². The zero-order valence-corrected chi connectivity index (χ0v) is 18.8. The number of hydrogen-bond donors (Lipinski definition) is 1. The molecular formula is C25H24N4O4. The molecule has 0 aromatic heterocycles. The Morgan fingerprint density at radius 3 is 1.94 bits per heavy atom. The predicted octanol–water partition coefficient (Wildman–Crippen LogP) is 3.68. The Labute approximate surface area is 191 Å². The van der Waals surface area contributed by atoms with E-state index in [0.717, 1.165) is 16.4 Å². The van der Waals surface area contributed by atoms with E-state index in [1.165, 1.54) is 0 Å². The maximum atomic E-state index is 13.5. The molecule has 2 aliphatic rings. The molecule has 1 spiro atoms. The number of anilines is 2. The van der Waals surface area contributed by atoms with E-state index >= 15 is 0 Å². The largest absolute Gasteiger partial charge is 0.456 e. The Kier molecular flexibility index (Phi) is 4.49. The number of rotatable bonds is 3. The molecule has 2 N–H and O–H groups in total. The van der Waals surface area contributed by atoms with Crippen LogP contribution in [0.15, 0.2) is 60.7 Å². The Balaban J connectivity index is 1.89. The van der Waals surface area contributed by atoms with Crippen molar-refractivity contribution in [3.8, 4) is 11.5 Å². The highest BCUT2D eigenvalue weighted by Crippen LogP contribution is 2.58. The molecule has 2 heterocycles. The molecule has 33 heavy (non-hydrogen) atoms. The second-order valence-corrected chi connectivity index (χ2v) is 8.52. The van der Waals surface area contributed by atoms with Gasteiger partial charge < -0.3 is 25.1 Å². The maximum absolute atomic E-state index is 13.5. The van der Waals surface area contributed by atoms with Crippen molar-refractivity contribution in [1.82, 2.24) is 5.06 Å². The van der Waals surface area contributed by atoms with Crippen LogP contribution in [0.5, 0.6) is 11.5 Å². The molecule has 0 unspecified atom stereocenters. The van der Waals surface area contributed by atoms with Crippen LogP contribution in [0.3, 0.4) is 0 Å². The number of carbonyl (C=O) groups excluding carboxylic acids is 2. The summed E-state index contributed by atoms with van der Waals surface area (Å²) < 4.78 is 6.39. The molecule has 0 atom stereocenters. The summed E-state index contributed by atoms with van der Waals surface area (Å²) >= 11 is 0. The second-order valence-electron chi connectivity index (χ2n) is 8.52. The van der Waals surface area contributed by atoms with Gasteiger partial charge in [-0.25, -0.2) is 4.79 Å². The molecule has 0 aliphatic carbocycles. The zero-order chi connectivity index (χ0) is 23.5. The van der Waals surface area contributed by atoms with Gasteiger partial charge in [0.2, 0.25) is 0 Å². The van der Waals surface area contributed by atoms with Crippen molar-refractivity contribution in [2.24, 2.45) is 5.73 Å². The Morgan fingerprint density at radius 1 is 0.879 bits per heavy atom. The van der Waals surface area contributed by atoms with Crippen LogP contribution in [0, 0.1) is 0 Å². The van der Waals surface area contributed by atoms with Crippen LogP contribution in [0.4, 0.5) is 16.2 Å². The van der Waals surface area contributed by atoms with E-state index in [0.29, 0.717) is 33.8 Å². The number of benzene rings is 3. The third kappa shape index (κ3) is 2.83. The van der Waals surface area contributed by atoms with E-state index in [-0.39, 0.29) is 0 Å². The van der Waals surface area contributed by atoms with Crippen molar-refractivity contribution in [2.75, 3.05) is 38.0 Å². The van der Waals surface area contributed by atoms with Gasteiger partial charge in [0.1, 0.15) is 11.5 Å². The predicted molar refractivity (Wildman–Crippen MR) is 125 cm³/mol. The first-order valence-electron chi connectivity index (χ1n) is 10.5. The van der Waals surface area contributed by atoms with Gasteiger partial charge >= 0.3 is 6.09 Å². The van der Waals surface area contributed by atoms with Crippen molar-refractivity contribution in [3.05, 3.63) is 82.9 Å². The van der Waals surface area contributed by atoms with Crippen molar-refractivity contribution < 1.29 is 19.2 Å². The van der Waals surface area contributed by atoms with Gasteiger partial charge in [-0.3, -0.25) is 4.79 Å². The summed E-state index contributed by atoms with van der Waals surface area (Å²) in [6.45, 7) is 0. The number of nitrogens with zero attached hydrogens (tertiary/aromatic N) is 3. The Hall–Kier alpha value is -4.20. The van der Waals surface area contributed by atoms with E-state index in [2.05, 4.69) is 0 Å². The number of ether oxygens (including phenoxy) is 1. The molecule has 0 bridgehead atoms. The third-order valence-electron chi connectivity index (χ3n) is 6.18. The zero-order valence-electron chi connectivity index (χ0n) is 18.8. The molecule has 8 nitrogen and oxygen atoms in total. The first-order valence-corrected chi connectivity index (χ1v) is 10.5. The minimum atomic E-state index is -1.25. The van der Waals surface area contributed by atoms with E-state index in [4.69, 9.17) is 15.3 Å². The molecule has 2 amide bonds. The van der Waals surface area contributed by atoms with Gasteiger partial charge in [0.05, 0.1) is 0 Å². The van der Waals surface area contributed by atoms with Gasteiger partial charge in [-0.2, -0.15) is 0 Å². The lowest BCUT2D eigenvalue weighted by Crippen LogP contribution is -2.49. The summed E-state index contributed by atoms with van der Waals surface area (Å²) in [5, 5.41) is 1.09. The van der Waals surface area contributed by atoms with E-state index < -0.39 is 17.5 Å². The number of hydroxylamine groups is 2. The van der Waals surface area contributed by atoms with Crippen LogP contribution in [0.1, 0.15) is 27.0 Å². The molecule has 3 aromatic rings. The second kappa shape index (κ2) is 7.16. The monoisotopic (exact) mass is 444 g/mol. The fourth-order valence-corrected chi connectivity index (χ4v) is 4.67. The van der Waals surface area contributed by atoms with Gasteiger partial charge in [-0.1, -0.05) is 30.3 Å². The lowest BCUT2D eigenvalue weighted by Gasteiger charge is -2.42. The Bertz CT molecular complexity index is 1240. The van der Waals surface area contributed by atoms with Crippen LogP contribution < -0.4 is 20.3 Å². The maximum Gasteiger partial charge on any atom is 0.429 e. The van der Waals surface area contributed by atoms with Gasteiger partial charge in [0, 0.05) is 74.0 Å². The number of fused-ring (bicyclic) bond motifs is 6. The smallest absolute Gasteiger partial charge is 0.429 e. The highest BCUT2D eigenvalue weighted by molar-refractivity contribution is 6.02. The quantitative estimate of drug-likeness (QED) is 0.663. The van der Waals surface area contributed by atoms with Crippen molar-refractivity contribution in [1.29, 1.82) is 0 Å². The summed E-state index contributed by atoms with van der Waals surface area (Å²) in [7, 11) is 7.76. The topological polar surface area (TPSA) is 88.3 Å². The minimum absolute atomic E-state index is 0.436. The minimum Gasteiger partial charge on any atom is -0.456 e. The first kappa shape index (κ1) is 20.7. The lowest BCUT2D eigenvalue weighted by molar-refractivity contribution is -0.106. The van der Waals surface area contributed by atoms with Crippen molar-refractivity contribution >= 4 is 23.4 Å². The van der Waals surface area contributed by atoms with Crippen LogP contribution in [0.2, 0.25) is 0 Å². The molecule has 0 saturated heterocycles. The average molecular weight is 444 g/mol. The van der Waals surface area contributed by atoms with Crippen LogP contribution in [-0.4, -0.2) is 45.3 Å². The normalized spacial score (nSPS) is 14.8. The van der Waals surface area contributed by atoms with E-state index in [9.17, 15) is 9.59 Å². The molecule has 0 radical (unpaired) electrons. The molecule has 168 valence electrons. The molecule has 0 saturated carbocycles. The number of carbonyl (C=O) groups is 2. The van der Waals surface area contributed by atoms with Crippen LogP contribution in [-0.2, 0) is 10.4 Å². The fraction of sp³-hybridized carbons (Fsp3) is 0.200. The van der Waals surface area contributed by atoms with Crippen LogP contribution >= 0.6 is 0 Å². The summed E-state index contributed by atoms with van der Waals surface area (Å²) in [6, 6.07) is 18.8. The average Bonchev–Trinajstić information content (AvgIpc) is 3.02. The fourth-order valence-electron chi connectivity index (χ4n) is 4.67. The highest BCUT2D eigenvalue weighted by atomic mass is 16.7. The summed E-state index contributed by atoms with van der Waals surface area (Å²) in [6.07, 6.45) is -1.07. The van der Waals surface area contributed by atoms with Gasteiger partial charge in [-0.05, 0) is 18.2 Å². The summed E-state index contributed by atoms with van der Waals surface area (Å²) in [5.74, 6) is 0.677. The highest BCUT2D eigenvalue weighted by Gasteiger charge is 2.58. The Morgan fingerprint density at radius 2 is 1.42 bits per heavy atom.